The number of rotatable bonds is 5. The van der Waals surface area contributed by atoms with Gasteiger partial charge in [0, 0.05) is 23.6 Å². The standard InChI is InChI=1S/C28H39NO2/c1-6-28(5,30)23-15-11-10-14-22(23)26-29(19-21-12-8-7-9-13-21)27(3,4)24-17-16-20(2)18-25(24)31-26/h7-15,20,24-26,30H,6,16-19H2,1-5H3/t20-,24-,25-,26+,28-/m1/s1. The normalized spacial score (nSPS) is 30.4. The molecule has 3 nitrogen and oxygen atoms in total. The number of hydrogen-bond acceptors (Lipinski definition) is 3. The van der Waals surface area contributed by atoms with Gasteiger partial charge >= 0.3 is 0 Å². The molecule has 1 aliphatic carbocycles. The number of fused-ring (bicyclic) bond motifs is 1. The maximum absolute atomic E-state index is 11.2. The monoisotopic (exact) mass is 421 g/mol. The van der Waals surface area contributed by atoms with Gasteiger partial charge < -0.3 is 9.84 Å². The van der Waals surface area contributed by atoms with Gasteiger partial charge in [-0.1, -0.05) is 74.9 Å². The van der Waals surface area contributed by atoms with E-state index in [-0.39, 0.29) is 17.9 Å². The molecule has 0 bridgehead atoms. The average Bonchev–Trinajstić information content (AvgIpc) is 2.76. The Morgan fingerprint density at radius 3 is 2.45 bits per heavy atom. The molecule has 2 aromatic rings. The first-order valence-electron chi connectivity index (χ1n) is 12.0. The molecule has 0 amide bonds. The van der Waals surface area contributed by atoms with E-state index in [9.17, 15) is 5.11 Å². The molecule has 2 aliphatic rings. The first kappa shape index (κ1) is 22.5. The summed E-state index contributed by atoms with van der Waals surface area (Å²) < 4.78 is 6.96. The van der Waals surface area contributed by atoms with Gasteiger partial charge in [-0.05, 0) is 57.1 Å². The first-order chi connectivity index (χ1) is 14.7. The van der Waals surface area contributed by atoms with Crippen LogP contribution < -0.4 is 0 Å². The molecule has 2 aromatic carbocycles. The van der Waals surface area contributed by atoms with E-state index in [1.165, 1.54) is 18.4 Å². The van der Waals surface area contributed by atoms with E-state index >= 15 is 0 Å². The van der Waals surface area contributed by atoms with Crippen LogP contribution in [0.5, 0.6) is 0 Å². The van der Waals surface area contributed by atoms with Crippen molar-refractivity contribution in [1.82, 2.24) is 4.90 Å². The predicted octanol–water partition coefficient (Wildman–Crippen LogP) is 6.42. The van der Waals surface area contributed by atoms with Crippen LogP contribution in [-0.2, 0) is 16.9 Å². The molecule has 1 saturated heterocycles. The van der Waals surface area contributed by atoms with Crippen LogP contribution in [0.1, 0.15) is 83.2 Å². The highest BCUT2D eigenvalue weighted by Crippen LogP contribution is 2.50. The summed E-state index contributed by atoms with van der Waals surface area (Å²) in [6.45, 7) is 12.0. The van der Waals surface area contributed by atoms with Crippen LogP contribution in [0, 0.1) is 11.8 Å². The second-order valence-electron chi connectivity index (χ2n) is 10.5. The van der Waals surface area contributed by atoms with Crippen molar-refractivity contribution in [1.29, 1.82) is 0 Å². The largest absolute Gasteiger partial charge is 0.385 e. The summed E-state index contributed by atoms with van der Waals surface area (Å²) in [4.78, 5) is 2.55. The van der Waals surface area contributed by atoms with Crippen molar-refractivity contribution in [3.8, 4) is 0 Å². The summed E-state index contributed by atoms with van der Waals surface area (Å²) in [5.74, 6) is 1.22. The Morgan fingerprint density at radius 2 is 1.74 bits per heavy atom. The molecule has 0 radical (unpaired) electrons. The molecule has 0 spiro atoms. The lowest BCUT2D eigenvalue weighted by Gasteiger charge is -2.57. The third-order valence-electron chi connectivity index (χ3n) is 7.98. The molecule has 168 valence electrons. The van der Waals surface area contributed by atoms with Crippen LogP contribution in [0.4, 0.5) is 0 Å². The molecule has 2 fully saturated rings. The van der Waals surface area contributed by atoms with E-state index in [2.05, 4.69) is 74.2 Å². The molecule has 1 saturated carbocycles. The Balaban J connectivity index is 1.80. The summed E-state index contributed by atoms with van der Waals surface area (Å²) in [6.07, 6.45) is 4.37. The van der Waals surface area contributed by atoms with E-state index in [1.54, 1.807) is 0 Å². The molecule has 1 aliphatic heterocycles. The Hall–Kier alpha value is -1.68. The maximum Gasteiger partial charge on any atom is 0.138 e. The van der Waals surface area contributed by atoms with Crippen molar-refractivity contribution >= 4 is 0 Å². The zero-order valence-corrected chi connectivity index (χ0v) is 19.8. The van der Waals surface area contributed by atoms with Crippen molar-refractivity contribution in [2.24, 2.45) is 11.8 Å². The van der Waals surface area contributed by atoms with E-state index in [1.807, 2.05) is 19.9 Å². The molecule has 1 N–H and O–H groups in total. The molecule has 0 unspecified atom stereocenters. The van der Waals surface area contributed by atoms with Gasteiger partial charge in [-0.2, -0.15) is 0 Å². The predicted molar refractivity (Wildman–Crippen MR) is 126 cm³/mol. The van der Waals surface area contributed by atoms with Gasteiger partial charge in [0.15, 0.2) is 0 Å². The van der Waals surface area contributed by atoms with Gasteiger partial charge in [0.05, 0.1) is 11.7 Å². The molecule has 1 heterocycles. The molecule has 0 aromatic heterocycles. The number of aliphatic hydroxyl groups is 1. The van der Waals surface area contributed by atoms with Gasteiger partial charge in [0.1, 0.15) is 6.23 Å². The smallest absolute Gasteiger partial charge is 0.138 e. The molecule has 5 atom stereocenters. The van der Waals surface area contributed by atoms with Gasteiger partial charge in [-0.25, -0.2) is 0 Å². The van der Waals surface area contributed by atoms with Crippen LogP contribution in [0.25, 0.3) is 0 Å². The molecule has 4 rings (SSSR count). The zero-order chi connectivity index (χ0) is 22.2. The fraction of sp³-hybridized carbons (Fsp3) is 0.571. The van der Waals surface area contributed by atoms with E-state index < -0.39 is 5.60 Å². The molecular weight excluding hydrogens is 382 g/mol. The van der Waals surface area contributed by atoms with E-state index in [0.717, 1.165) is 24.1 Å². The fourth-order valence-electron chi connectivity index (χ4n) is 5.74. The first-order valence-corrected chi connectivity index (χ1v) is 12.0. The van der Waals surface area contributed by atoms with Crippen molar-refractivity contribution in [3.05, 3.63) is 71.3 Å². The minimum absolute atomic E-state index is 0.00521. The number of benzene rings is 2. The third-order valence-corrected chi connectivity index (χ3v) is 7.98. The van der Waals surface area contributed by atoms with Crippen molar-refractivity contribution in [2.75, 3.05) is 0 Å². The highest BCUT2D eigenvalue weighted by Gasteiger charge is 2.51. The van der Waals surface area contributed by atoms with Crippen LogP contribution in [0.2, 0.25) is 0 Å². The second-order valence-corrected chi connectivity index (χ2v) is 10.5. The van der Waals surface area contributed by atoms with E-state index in [0.29, 0.717) is 18.3 Å². The van der Waals surface area contributed by atoms with Crippen LogP contribution in [-0.4, -0.2) is 21.6 Å². The van der Waals surface area contributed by atoms with Gasteiger partial charge in [-0.3, -0.25) is 4.90 Å². The SMILES string of the molecule is CC[C@@](C)(O)c1ccccc1[C@@H]1O[C@@H]2C[C@H](C)CC[C@H]2C(C)(C)N1Cc1ccccc1. The average molecular weight is 422 g/mol. The Bertz CT molecular complexity index is 876. The van der Waals surface area contributed by atoms with Crippen molar-refractivity contribution in [3.63, 3.8) is 0 Å². The lowest BCUT2D eigenvalue weighted by Crippen LogP contribution is -2.61. The minimum Gasteiger partial charge on any atom is -0.385 e. The van der Waals surface area contributed by atoms with E-state index in [4.69, 9.17) is 4.74 Å². The summed E-state index contributed by atoms with van der Waals surface area (Å²) in [5, 5.41) is 11.2. The fourth-order valence-corrected chi connectivity index (χ4v) is 5.74. The topological polar surface area (TPSA) is 32.7 Å². The van der Waals surface area contributed by atoms with Gasteiger partial charge in [0.2, 0.25) is 0 Å². The maximum atomic E-state index is 11.2. The van der Waals surface area contributed by atoms with Crippen LogP contribution in [0.15, 0.2) is 54.6 Å². The molecular formula is C28H39NO2. The molecule has 3 heteroatoms. The van der Waals surface area contributed by atoms with Crippen molar-refractivity contribution in [2.45, 2.75) is 90.3 Å². The van der Waals surface area contributed by atoms with Crippen LogP contribution >= 0.6 is 0 Å². The minimum atomic E-state index is -0.876. The highest BCUT2D eigenvalue weighted by atomic mass is 16.5. The Kier molecular flexibility index (Phi) is 6.31. The summed E-state index contributed by atoms with van der Waals surface area (Å²) in [7, 11) is 0. The Morgan fingerprint density at radius 1 is 1.06 bits per heavy atom. The van der Waals surface area contributed by atoms with Crippen LogP contribution in [0.3, 0.4) is 0 Å². The third kappa shape index (κ3) is 4.33. The number of hydrogen-bond donors (Lipinski definition) is 1. The van der Waals surface area contributed by atoms with Gasteiger partial charge in [0.25, 0.3) is 0 Å². The summed E-state index contributed by atoms with van der Waals surface area (Å²) in [5.41, 5.74) is 2.51. The second kappa shape index (κ2) is 8.69. The summed E-state index contributed by atoms with van der Waals surface area (Å²) >= 11 is 0. The van der Waals surface area contributed by atoms with Gasteiger partial charge in [-0.15, -0.1) is 0 Å². The zero-order valence-electron chi connectivity index (χ0n) is 19.8. The highest BCUT2D eigenvalue weighted by molar-refractivity contribution is 5.34. The Labute approximate surface area is 188 Å². The lowest BCUT2D eigenvalue weighted by molar-refractivity contribution is -0.241. The quantitative estimate of drug-likeness (QED) is 0.605. The summed E-state index contributed by atoms with van der Waals surface area (Å²) in [6, 6.07) is 19.1. The number of ether oxygens (including phenoxy) is 1. The lowest BCUT2D eigenvalue weighted by atomic mass is 9.69. The van der Waals surface area contributed by atoms with Crippen molar-refractivity contribution < 1.29 is 9.84 Å². The number of nitrogens with zero attached hydrogens (tertiary/aromatic N) is 1. The molecule has 31 heavy (non-hydrogen) atoms.